The monoisotopic (exact) mass is 401 g/mol. The van der Waals surface area contributed by atoms with E-state index in [9.17, 15) is 10.1 Å². The number of aromatic nitrogens is 1. The maximum absolute atomic E-state index is 12.5. The van der Waals surface area contributed by atoms with Crippen LogP contribution in [0.2, 0.25) is 0 Å². The number of nitrogens with one attached hydrogen (secondary N) is 2. The molecule has 152 valence electrons. The average Bonchev–Trinajstić information content (AvgIpc) is 2.78. The molecule has 0 saturated heterocycles. The fraction of sp³-hybridized carbons (Fsp3) is 0.174. The molecule has 3 aromatic rings. The van der Waals surface area contributed by atoms with E-state index in [1.807, 2.05) is 7.05 Å². The van der Waals surface area contributed by atoms with Gasteiger partial charge in [-0.3, -0.25) is 9.78 Å². The predicted molar refractivity (Wildman–Crippen MR) is 117 cm³/mol. The Bertz CT molecular complexity index is 1060. The highest BCUT2D eigenvalue weighted by Gasteiger charge is 2.11. The van der Waals surface area contributed by atoms with E-state index in [0.717, 1.165) is 17.7 Å². The van der Waals surface area contributed by atoms with E-state index in [1.54, 1.807) is 60.8 Å². The molecule has 30 heavy (non-hydrogen) atoms. The zero-order chi connectivity index (χ0) is 21.3. The molecule has 0 fully saturated rings. The highest BCUT2D eigenvalue weighted by atomic mass is 16.5. The molecule has 1 heterocycles. The quantitative estimate of drug-likeness (QED) is 0.395. The summed E-state index contributed by atoms with van der Waals surface area (Å²) >= 11 is 0. The number of para-hydroxylation sites is 2. The fourth-order valence-electron chi connectivity index (χ4n) is 2.85. The maximum atomic E-state index is 12.5. The molecule has 0 aliphatic carbocycles. The smallest absolute Gasteiger partial charge is 0.255 e. The maximum Gasteiger partial charge on any atom is 0.255 e. The van der Waals surface area contributed by atoms with E-state index < -0.39 is 0 Å². The van der Waals surface area contributed by atoms with Gasteiger partial charge in [0.1, 0.15) is 6.07 Å². The van der Waals surface area contributed by atoms with Crippen LogP contribution in [0.15, 0.2) is 60.8 Å². The van der Waals surface area contributed by atoms with Crippen molar-refractivity contribution in [3.05, 3.63) is 77.5 Å². The number of benzene rings is 2. The van der Waals surface area contributed by atoms with Crippen LogP contribution < -0.4 is 16.4 Å². The Hall–Kier alpha value is -3.73. The lowest BCUT2D eigenvalue weighted by Crippen LogP contribution is -2.14. The minimum Gasteiger partial charge on any atom is -0.397 e. The number of hydrogen-bond donors (Lipinski definition) is 3. The van der Waals surface area contributed by atoms with Crippen molar-refractivity contribution >= 4 is 17.3 Å². The Morgan fingerprint density at radius 3 is 2.67 bits per heavy atom. The van der Waals surface area contributed by atoms with E-state index in [4.69, 9.17) is 10.5 Å². The molecule has 4 N–H and O–H groups in total. The SMILES string of the molecule is CNCCOCc1cnc(-c2ccc(C(=O)Nc3ccccc3N)cc2)c(C#N)c1. The Balaban J connectivity index is 1.73. The van der Waals surface area contributed by atoms with Crippen LogP contribution in [0.1, 0.15) is 21.5 Å². The summed E-state index contributed by atoms with van der Waals surface area (Å²) in [5, 5.41) is 15.3. The number of carbonyl (C=O) groups is 1. The van der Waals surface area contributed by atoms with Gasteiger partial charge >= 0.3 is 0 Å². The van der Waals surface area contributed by atoms with Crippen molar-refractivity contribution in [3.63, 3.8) is 0 Å². The summed E-state index contributed by atoms with van der Waals surface area (Å²) in [7, 11) is 1.86. The molecule has 7 heteroatoms. The molecule has 1 aromatic heterocycles. The van der Waals surface area contributed by atoms with Gasteiger partial charge in [-0.2, -0.15) is 5.26 Å². The van der Waals surface area contributed by atoms with E-state index in [2.05, 4.69) is 21.7 Å². The highest BCUT2D eigenvalue weighted by molar-refractivity contribution is 6.05. The highest BCUT2D eigenvalue weighted by Crippen LogP contribution is 2.23. The van der Waals surface area contributed by atoms with Crippen LogP contribution in [0.4, 0.5) is 11.4 Å². The number of pyridine rings is 1. The number of rotatable bonds is 8. The second kappa shape index (κ2) is 10.2. The molecule has 0 aliphatic rings. The molecule has 0 unspecified atom stereocenters. The first-order valence-corrected chi connectivity index (χ1v) is 9.50. The molecule has 0 atom stereocenters. The summed E-state index contributed by atoms with van der Waals surface area (Å²) in [4.78, 5) is 16.9. The van der Waals surface area contributed by atoms with Crippen LogP contribution >= 0.6 is 0 Å². The topological polar surface area (TPSA) is 113 Å². The Labute approximate surface area is 175 Å². The zero-order valence-electron chi connectivity index (χ0n) is 16.7. The van der Waals surface area contributed by atoms with Crippen LogP contribution in [0.3, 0.4) is 0 Å². The third-order valence-electron chi connectivity index (χ3n) is 4.46. The van der Waals surface area contributed by atoms with Crippen LogP contribution in [0.25, 0.3) is 11.3 Å². The summed E-state index contributed by atoms with van der Waals surface area (Å²) < 4.78 is 5.54. The number of likely N-dealkylation sites (N-methyl/N-ethyl adjacent to an activating group) is 1. The first-order chi connectivity index (χ1) is 14.6. The van der Waals surface area contributed by atoms with E-state index >= 15 is 0 Å². The fourth-order valence-corrected chi connectivity index (χ4v) is 2.85. The molecule has 0 aliphatic heterocycles. The van der Waals surface area contributed by atoms with Crippen LogP contribution in [-0.2, 0) is 11.3 Å². The number of ether oxygens (including phenoxy) is 1. The summed E-state index contributed by atoms with van der Waals surface area (Å²) in [5.41, 5.74) is 10.0. The lowest BCUT2D eigenvalue weighted by Gasteiger charge is -2.10. The molecule has 3 rings (SSSR count). The van der Waals surface area contributed by atoms with Crippen molar-refractivity contribution in [1.29, 1.82) is 5.26 Å². The minimum absolute atomic E-state index is 0.262. The van der Waals surface area contributed by atoms with Gasteiger partial charge in [0.25, 0.3) is 5.91 Å². The van der Waals surface area contributed by atoms with Gasteiger partial charge in [0.2, 0.25) is 0 Å². The molecule has 0 spiro atoms. The van der Waals surface area contributed by atoms with Gasteiger partial charge in [0, 0.05) is 23.9 Å². The lowest BCUT2D eigenvalue weighted by molar-refractivity contribution is 0.102. The normalized spacial score (nSPS) is 10.4. The lowest BCUT2D eigenvalue weighted by atomic mass is 10.0. The van der Waals surface area contributed by atoms with Crippen molar-refractivity contribution in [3.8, 4) is 17.3 Å². The molecule has 0 bridgehead atoms. The van der Waals surface area contributed by atoms with Gasteiger partial charge in [-0.05, 0) is 42.9 Å². The number of nitriles is 1. The summed E-state index contributed by atoms with van der Waals surface area (Å²) in [6.45, 7) is 1.73. The number of anilines is 2. The van der Waals surface area contributed by atoms with Crippen molar-refractivity contribution in [1.82, 2.24) is 10.3 Å². The third-order valence-corrected chi connectivity index (χ3v) is 4.46. The Morgan fingerprint density at radius 1 is 1.20 bits per heavy atom. The van der Waals surface area contributed by atoms with Crippen LogP contribution in [-0.4, -0.2) is 31.1 Å². The van der Waals surface area contributed by atoms with Crippen molar-refractivity contribution in [2.75, 3.05) is 31.2 Å². The number of nitrogens with zero attached hydrogens (tertiary/aromatic N) is 2. The Kier molecular flexibility index (Phi) is 7.11. The largest absolute Gasteiger partial charge is 0.397 e. The number of nitrogens with two attached hydrogens (primary N) is 1. The van der Waals surface area contributed by atoms with Gasteiger partial charge in [0.15, 0.2) is 0 Å². The molecule has 7 nitrogen and oxygen atoms in total. The molecule has 1 amide bonds. The van der Waals surface area contributed by atoms with Gasteiger partial charge in [0.05, 0.1) is 35.8 Å². The summed E-state index contributed by atoms with van der Waals surface area (Å²) in [5.74, 6) is -0.262. The standard InChI is InChI=1S/C23H23N5O2/c1-26-10-11-30-15-16-12-19(13-24)22(27-14-16)17-6-8-18(9-7-17)23(29)28-21-5-3-2-4-20(21)25/h2-9,12,14,26H,10-11,15,25H2,1H3,(H,28,29). The van der Waals surface area contributed by atoms with Crippen molar-refractivity contribution in [2.45, 2.75) is 6.61 Å². The van der Waals surface area contributed by atoms with Gasteiger partial charge in [-0.1, -0.05) is 24.3 Å². The van der Waals surface area contributed by atoms with Crippen LogP contribution in [0.5, 0.6) is 0 Å². The van der Waals surface area contributed by atoms with Gasteiger partial charge < -0.3 is 21.1 Å². The van der Waals surface area contributed by atoms with Crippen molar-refractivity contribution in [2.24, 2.45) is 0 Å². The van der Waals surface area contributed by atoms with Gasteiger partial charge in [-0.15, -0.1) is 0 Å². The Morgan fingerprint density at radius 2 is 1.97 bits per heavy atom. The number of amides is 1. The molecular formula is C23H23N5O2. The van der Waals surface area contributed by atoms with E-state index in [-0.39, 0.29) is 5.91 Å². The minimum atomic E-state index is -0.262. The van der Waals surface area contributed by atoms with Crippen LogP contribution in [0, 0.1) is 11.3 Å². The number of hydrogen-bond acceptors (Lipinski definition) is 6. The van der Waals surface area contributed by atoms with E-state index in [0.29, 0.717) is 41.4 Å². The van der Waals surface area contributed by atoms with Gasteiger partial charge in [-0.25, -0.2) is 0 Å². The molecule has 0 saturated carbocycles. The summed E-state index contributed by atoms with van der Waals surface area (Å²) in [6.07, 6.45) is 1.70. The predicted octanol–water partition coefficient (Wildman–Crippen LogP) is 3.19. The average molecular weight is 401 g/mol. The molecule has 0 radical (unpaired) electrons. The molecular weight excluding hydrogens is 378 g/mol. The first-order valence-electron chi connectivity index (χ1n) is 9.50. The second-order valence-corrected chi connectivity index (χ2v) is 6.63. The zero-order valence-corrected chi connectivity index (χ0v) is 16.7. The number of nitrogen functional groups attached to an aromatic ring is 1. The van der Waals surface area contributed by atoms with E-state index in [1.165, 1.54) is 0 Å². The molecule has 2 aromatic carbocycles. The summed E-state index contributed by atoms with van der Waals surface area (Å²) in [6, 6.07) is 18.0. The first kappa shape index (κ1) is 21.0. The number of carbonyl (C=O) groups excluding carboxylic acids is 1. The second-order valence-electron chi connectivity index (χ2n) is 6.63. The van der Waals surface area contributed by atoms with Crippen molar-refractivity contribution < 1.29 is 9.53 Å². The third kappa shape index (κ3) is 5.20.